The first-order valence-electron chi connectivity index (χ1n) is 11.6. The normalized spacial score (nSPS) is 32.5. The van der Waals surface area contributed by atoms with Gasteiger partial charge in [0.05, 0.1) is 29.7 Å². The summed E-state index contributed by atoms with van der Waals surface area (Å²) in [5.74, 6) is 0.159. The van der Waals surface area contributed by atoms with Crippen LogP contribution in [0.5, 0.6) is 5.75 Å². The molecule has 4 aliphatic rings. The summed E-state index contributed by atoms with van der Waals surface area (Å²) in [6.07, 6.45) is 0.856. The number of anilines is 1. The van der Waals surface area contributed by atoms with Crippen molar-refractivity contribution in [2.45, 2.75) is 22.6 Å². The first-order valence-corrected chi connectivity index (χ1v) is 13.7. The first-order chi connectivity index (χ1) is 17.0. The minimum Gasteiger partial charge on any atom is -0.496 e. The number of methoxy groups -OCH3 is 1. The van der Waals surface area contributed by atoms with E-state index < -0.39 is 0 Å². The van der Waals surface area contributed by atoms with Gasteiger partial charge in [0, 0.05) is 26.6 Å². The number of fused-ring (bicyclic) bond motifs is 9. The summed E-state index contributed by atoms with van der Waals surface area (Å²) in [6.45, 7) is 0. The van der Waals surface area contributed by atoms with E-state index in [4.69, 9.17) is 16.3 Å². The topological polar surface area (TPSA) is 79.5 Å². The number of carbonyl (C=O) groups excluding carboxylic acids is 2. The summed E-state index contributed by atoms with van der Waals surface area (Å²) in [6, 6.07) is 14.8. The van der Waals surface area contributed by atoms with Gasteiger partial charge in [-0.05, 0) is 54.5 Å². The summed E-state index contributed by atoms with van der Waals surface area (Å²) in [7, 11) is 1.66. The molecule has 2 bridgehead atoms. The SMILES string of the molecule is COc1ccccc1C1c2sc(=O)[nH]c2SC2C3CC(C4C(=O)N(c5ccc(Cl)cc5)C(=O)C34)C12. The van der Waals surface area contributed by atoms with Gasteiger partial charge in [0.25, 0.3) is 0 Å². The lowest BCUT2D eigenvalue weighted by Gasteiger charge is -2.43. The maximum atomic E-state index is 13.8. The second kappa shape index (κ2) is 7.72. The van der Waals surface area contributed by atoms with Crippen LogP contribution in [0.3, 0.4) is 0 Å². The molecule has 2 saturated carbocycles. The van der Waals surface area contributed by atoms with Crippen LogP contribution >= 0.6 is 34.7 Å². The fraction of sp³-hybridized carbons (Fsp3) is 0.346. The Morgan fingerprint density at radius 2 is 1.71 bits per heavy atom. The smallest absolute Gasteiger partial charge is 0.305 e. The molecule has 2 amide bonds. The Morgan fingerprint density at radius 1 is 1.00 bits per heavy atom. The molecule has 9 heteroatoms. The van der Waals surface area contributed by atoms with Crippen LogP contribution in [0.25, 0.3) is 0 Å². The highest BCUT2D eigenvalue weighted by atomic mass is 35.5. The molecular weight excluding hydrogens is 504 g/mol. The lowest BCUT2D eigenvalue weighted by atomic mass is 9.68. The number of hydrogen-bond acceptors (Lipinski definition) is 6. The zero-order chi connectivity index (χ0) is 24.0. The lowest BCUT2D eigenvalue weighted by Crippen LogP contribution is -2.42. The fourth-order valence-electron chi connectivity index (χ4n) is 7.13. The Kier molecular flexibility index (Phi) is 4.79. The second-order valence-electron chi connectivity index (χ2n) is 9.69. The number of H-pyrrole nitrogens is 1. The third kappa shape index (κ3) is 2.93. The standard InChI is InChI=1S/C26H21ClN2O4S2/c1-33-16-5-3-2-4-13(16)17-18-14-10-15(21(18)34-23-22(17)35-26(32)28-23)20-19(14)24(30)29(25(20)31)12-8-6-11(27)7-9-12/h2-9,14-15,17-21H,10H2,1H3,(H,28,32). The van der Waals surface area contributed by atoms with Crippen LogP contribution in [0.4, 0.5) is 5.69 Å². The van der Waals surface area contributed by atoms with Crippen LogP contribution in [-0.2, 0) is 9.59 Å². The van der Waals surface area contributed by atoms with Gasteiger partial charge < -0.3 is 9.72 Å². The van der Waals surface area contributed by atoms with Crippen LogP contribution in [0.2, 0.25) is 5.02 Å². The van der Waals surface area contributed by atoms with Gasteiger partial charge in [0.15, 0.2) is 0 Å². The molecule has 1 N–H and O–H groups in total. The number of aromatic amines is 1. The van der Waals surface area contributed by atoms with Crippen molar-refractivity contribution in [2.24, 2.45) is 29.6 Å². The Hall–Kier alpha value is -2.55. The summed E-state index contributed by atoms with van der Waals surface area (Å²) < 4.78 is 5.73. The maximum absolute atomic E-state index is 13.8. The van der Waals surface area contributed by atoms with Gasteiger partial charge in [-0.1, -0.05) is 41.1 Å². The van der Waals surface area contributed by atoms with Gasteiger partial charge in [-0.15, -0.1) is 11.8 Å². The number of nitrogens with one attached hydrogen (secondary N) is 1. The number of amides is 2. The van der Waals surface area contributed by atoms with Crippen LogP contribution < -0.4 is 14.5 Å². The fourth-order valence-corrected chi connectivity index (χ4v) is 10.1. The number of thioether (sulfide) groups is 1. The number of aromatic nitrogens is 1. The van der Waals surface area contributed by atoms with Crippen LogP contribution in [0.1, 0.15) is 22.8 Å². The average Bonchev–Trinajstić information content (AvgIpc) is 3.59. The number of carbonyl (C=O) groups is 2. The van der Waals surface area contributed by atoms with Crippen molar-refractivity contribution in [3.63, 3.8) is 0 Å². The molecule has 7 rings (SSSR count). The van der Waals surface area contributed by atoms with Gasteiger partial charge in [0.2, 0.25) is 11.8 Å². The van der Waals surface area contributed by atoms with Gasteiger partial charge in [-0.25, -0.2) is 0 Å². The number of benzene rings is 2. The maximum Gasteiger partial charge on any atom is 0.305 e. The predicted octanol–water partition coefficient (Wildman–Crippen LogP) is 4.78. The summed E-state index contributed by atoms with van der Waals surface area (Å²) in [5.41, 5.74) is 1.62. The predicted molar refractivity (Wildman–Crippen MR) is 135 cm³/mol. The average molecular weight is 525 g/mol. The third-order valence-corrected chi connectivity index (χ3v) is 11.1. The van der Waals surface area contributed by atoms with E-state index in [1.54, 1.807) is 43.1 Å². The van der Waals surface area contributed by atoms with Gasteiger partial charge in [0.1, 0.15) is 5.75 Å². The van der Waals surface area contributed by atoms with E-state index in [2.05, 4.69) is 11.1 Å². The van der Waals surface area contributed by atoms with Gasteiger partial charge in [-0.3, -0.25) is 19.3 Å². The monoisotopic (exact) mass is 524 g/mol. The highest BCUT2D eigenvalue weighted by molar-refractivity contribution is 8.00. The molecule has 6 nitrogen and oxygen atoms in total. The van der Waals surface area contributed by atoms with E-state index in [1.807, 2.05) is 18.2 Å². The number of thiazole rings is 1. The summed E-state index contributed by atoms with van der Waals surface area (Å²) in [4.78, 5) is 45.1. The molecular formula is C26H21ClN2O4S2. The number of ether oxygens (including phenoxy) is 1. The van der Waals surface area contributed by atoms with E-state index in [1.165, 1.54) is 16.2 Å². The number of hydrogen-bond donors (Lipinski definition) is 1. The summed E-state index contributed by atoms with van der Waals surface area (Å²) >= 11 is 8.98. The molecule has 0 radical (unpaired) electrons. The minimum absolute atomic E-state index is 0.0558. The largest absolute Gasteiger partial charge is 0.496 e. The van der Waals surface area contributed by atoms with Crippen molar-refractivity contribution in [1.29, 1.82) is 0 Å². The van der Waals surface area contributed by atoms with Crippen LogP contribution in [-0.4, -0.2) is 29.2 Å². The number of halogens is 1. The molecule has 35 heavy (non-hydrogen) atoms. The number of para-hydroxylation sites is 1. The van der Waals surface area contributed by atoms with Crippen molar-refractivity contribution < 1.29 is 14.3 Å². The number of imide groups is 1. The van der Waals surface area contributed by atoms with Gasteiger partial charge >= 0.3 is 4.87 Å². The third-order valence-electron chi connectivity index (χ3n) is 8.28. The lowest BCUT2D eigenvalue weighted by molar-refractivity contribution is -0.123. The molecule has 1 saturated heterocycles. The molecule has 7 atom stereocenters. The van der Waals surface area contributed by atoms with E-state index in [-0.39, 0.29) is 57.4 Å². The highest BCUT2D eigenvalue weighted by Crippen LogP contribution is 2.69. The van der Waals surface area contributed by atoms with E-state index in [0.29, 0.717) is 10.7 Å². The number of nitrogens with zero attached hydrogens (tertiary/aromatic N) is 1. The second-order valence-corrected chi connectivity index (χ2v) is 12.3. The Balaban J connectivity index is 1.34. The number of rotatable bonds is 3. The summed E-state index contributed by atoms with van der Waals surface area (Å²) in [5, 5.41) is 1.61. The van der Waals surface area contributed by atoms with Crippen LogP contribution in [0.15, 0.2) is 58.4 Å². The Bertz CT molecular complexity index is 1430. The minimum atomic E-state index is -0.334. The first kappa shape index (κ1) is 21.7. The highest BCUT2D eigenvalue weighted by Gasteiger charge is 2.69. The van der Waals surface area contributed by atoms with Crippen molar-refractivity contribution in [1.82, 2.24) is 4.98 Å². The molecule has 178 valence electrons. The Morgan fingerprint density at radius 3 is 2.46 bits per heavy atom. The zero-order valence-corrected chi connectivity index (χ0v) is 21.0. The quantitative estimate of drug-likeness (QED) is 0.499. The van der Waals surface area contributed by atoms with Crippen molar-refractivity contribution in [2.75, 3.05) is 12.0 Å². The van der Waals surface area contributed by atoms with E-state index in [0.717, 1.165) is 27.6 Å². The molecule has 0 spiro atoms. The van der Waals surface area contributed by atoms with E-state index >= 15 is 0 Å². The molecule has 3 heterocycles. The molecule has 2 aliphatic heterocycles. The molecule has 1 aromatic heterocycles. The molecule has 2 aromatic carbocycles. The van der Waals surface area contributed by atoms with E-state index in [9.17, 15) is 14.4 Å². The van der Waals surface area contributed by atoms with Crippen molar-refractivity contribution >= 4 is 52.2 Å². The Labute approximate surface area is 214 Å². The van der Waals surface area contributed by atoms with Crippen molar-refractivity contribution in [3.8, 4) is 5.75 Å². The molecule has 7 unspecified atom stereocenters. The van der Waals surface area contributed by atoms with Gasteiger partial charge in [-0.2, -0.15) is 0 Å². The van der Waals surface area contributed by atoms with Crippen LogP contribution in [0, 0.1) is 29.6 Å². The molecule has 2 aliphatic carbocycles. The zero-order valence-electron chi connectivity index (χ0n) is 18.6. The van der Waals surface area contributed by atoms with Crippen molar-refractivity contribution in [3.05, 3.63) is 73.7 Å². The molecule has 3 aromatic rings. The molecule has 3 fully saturated rings.